The van der Waals surface area contributed by atoms with Crippen LogP contribution in [-0.2, 0) is 19.5 Å². The second-order valence-corrected chi connectivity index (χ2v) is 6.04. The molecule has 8 heteroatoms. The number of carboxylic acids is 2. The zero-order valence-corrected chi connectivity index (χ0v) is 14.8. The van der Waals surface area contributed by atoms with Crippen LogP contribution in [0.25, 0.3) is 0 Å². The average Bonchev–Trinajstić information content (AvgIpc) is 3.07. The third-order valence-electron chi connectivity index (χ3n) is 4.17. The molecule has 0 amide bonds. The van der Waals surface area contributed by atoms with Crippen LogP contribution in [0.15, 0.2) is 6.07 Å². The van der Waals surface area contributed by atoms with Gasteiger partial charge in [0.05, 0.1) is 11.4 Å². The molecule has 2 rings (SSSR count). The van der Waals surface area contributed by atoms with Gasteiger partial charge in [-0.05, 0) is 46.1 Å². The summed E-state index contributed by atoms with van der Waals surface area (Å²) in [6, 6.07) is 1.56. The summed E-state index contributed by atoms with van der Waals surface area (Å²) in [4.78, 5) is 22.6. The van der Waals surface area contributed by atoms with Crippen molar-refractivity contribution in [1.82, 2.24) is 19.6 Å². The van der Waals surface area contributed by atoms with E-state index in [1.807, 2.05) is 13.8 Å². The Morgan fingerprint density at radius 1 is 1.04 bits per heavy atom. The Labute approximate surface area is 146 Å². The van der Waals surface area contributed by atoms with E-state index in [-0.39, 0.29) is 11.4 Å². The topological polar surface area (TPSA) is 110 Å². The molecule has 0 aromatic carbocycles. The number of aryl methyl sites for hydroxylation is 4. The molecule has 136 valence electrons. The van der Waals surface area contributed by atoms with Crippen LogP contribution in [0.3, 0.4) is 0 Å². The average molecular weight is 348 g/mol. The number of unbranched alkanes of at least 4 members (excludes halogenated alkanes) is 2. The minimum Gasteiger partial charge on any atom is -0.477 e. The third-order valence-corrected chi connectivity index (χ3v) is 4.17. The van der Waals surface area contributed by atoms with Crippen LogP contribution >= 0.6 is 0 Å². The first-order valence-corrected chi connectivity index (χ1v) is 8.42. The summed E-state index contributed by atoms with van der Waals surface area (Å²) in [6.07, 6.45) is 3.11. The lowest BCUT2D eigenvalue weighted by atomic mass is 10.0. The number of rotatable bonds is 9. The maximum atomic E-state index is 11.5. The highest BCUT2D eigenvalue weighted by molar-refractivity contribution is 5.87. The molecule has 0 saturated heterocycles. The lowest BCUT2D eigenvalue weighted by Crippen LogP contribution is -2.11. The predicted molar refractivity (Wildman–Crippen MR) is 91.1 cm³/mol. The fraction of sp³-hybridized carbons (Fsp3) is 0.529. The molecule has 0 aliphatic heterocycles. The first-order chi connectivity index (χ1) is 11.8. The van der Waals surface area contributed by atoms with E-state index in [0.717, 1.165) is 30.5 Å². The maximum Gasteiger partial charge on any atom is 0.354 e. The number of carbonyl (C=O) groups is 2. The lowest BCUT2D eigenvalue weighted by Gasteiger charge is -2.06. The van der Waals surface area contributed by atoms with Gasteiger partial charge in [0.25, 0.3) is 0 Å². The molecule has 2 N–H and O–H groups in total. The maximum absolute atomic E-state index is 11.5. The fourth-order valence-corrected chi connectivity index (χ4v) is 3.01. The first kappa shape index (κ1) is 18.7. The van der Waals surface area contributed by atoms with Gasteiger partial charge >= 0.3 is 11.9 Å². The van der Waals surface area contributed by atoms with Crippen LogP contribution in [0, 0.1) is 13.8 Å². The second-order valence-electron chi connectivity index (χ2n) is 6.04. The molecule has 0 spiro atoms. The number of hydrogen-bond acceptors (Lipinski definition) is 4. The van der Waals surface area contributed by atoms with Crippen LogP contribution in [0.2, 0.25) is 0 Å². The third kappa shape index (κ3) is 4.26. The van der Waals surface area contributed by atoms with Gasteiger partial charge in [-0.1, -0.05) is 6.42 Å². The molecular weight excluding hydrogens is 324 g/mol. The molecule has 0 atom stereocenters. The SMILES string of the molecule is CCn1nc(C)c(CCCCCn2nc(C)cc2C(=O)O)c1C(=O)O. The Morgan fingerprint density at radius 3 is 2.36 bits per heavy atom. The highest BCUT2D eigenvalue weighted by Gasteiger charge is 2.19. The summed E-state index contributed by atoms with van der Waals surface area (Å²) in [7, 11) is 0. The zero-order valence-electron chi connectivity index (χ0n) is 14.8. The van der Waals surface area contributed by atoms with Crippen LogP contribution < -0.4 is 0 Å². The number of nitrogens with zero attached hydrogens (tertiary/aromatic N) is 4. The number of aromatic carboxylic acids is 2. The van der Waals surface area contributed by atoms with E-state index in [1.54, 1.807) is 13.0 Å². The minimum atomic E-state index is -0.977. The van der Waals surface area contributed by atoms with E-state index in [4.69, 9.17) is 5.11 Å². The van der Waals surface area contributed by atoms with Crippen molar-refractivity contribution < 1.29 is 19.8 Å². The van der Waals surface area contributed by atoms with Crippen molar-refractivity contribution in [2.45, 2.75) is 59.5 Å². The lowest BCUT2D eigenvalue weighted by molar-refractivity contribution is 0.0672. The quantitative estimate of drug-likeness (QED) is 0.674. The van der Waals surface area contributed by atoms with E-state index in [0.29, 0.717) is 25.2 Å². The van der Waals surface area contributed by atoms with E-state index in [2.05, 4.69) is 10.2 Å². The molecule has 0 radical (unpaired) electrons. The van der Waals surface area contributed by atoms with E-state index in [9.17, 15) is 14.7 Å². The van der Waals surface area contributed by atoms with Crippen molar-refractivity contribution in [2.75, 3.05) is 0 Å². The Bertz CT molecular complexity index is 776. The van der Waals surface area contributed by atoms with E-state index < -0.39 is 11.9 Å². The molecule has 0 bridgehead atoms. The summed E-state index contributed by atoms with van der Waals surface area (Å²) < 4.78 is 3.04. The Balaban J connectivity index is 1.91. The van der Waals surface area contributed by atoms with Crippen LogP contribution in [0.1, 0.15) is 64.1 Å². The minimum absolute atomic E-state index is 0.200. The molecule has 8 nitrogen and oxygen atoms in total. The van der Waals surface area contributed by atoms with Crippen molar-refractivity contribution in [1.29, 1.82) is 0 Å². The molecule has 0 fully saturated rings. The molecule has 0 saturated carbocycles. The van der Waals surface area contributed by atoms with Gasteiger partial charge in [-0.2, -0.15) is 10.2 Å². The summed E-state index contributed by atoms with van der Waals surface area (Å²) >= 11 is 0. The van der Waals surface area contributed by atoms with Crippen molar-refractivity contribution in [3.8, 4) is 0 Å². The van der Waals surface area contributed by atoms with Crippen LogP contribution in [0.4, 0.5) is 0 Å². The molecule has 25 heavy (non-hydrogen) atoms. The van der Waals surface area contributed by atoms with Gasteiger partial charge in [0.2, 0.25) is 0 Å². The predicted octanol–water partition coefficient (Wildman–Crippen LogP) is 2.53. The van der Waals surface area contributed by atoms with Crippen molar-refractivity contribution in [2.24, 2.45) is 0 Å². The zero-order chi connectivity index (χ0) is 18.6. The van der Waals surface area contributed by atoms with Crippen molar-refractivity contribution in [3.63, 3.8) is 0 Å². The van der Waals surface area contributed by atoms with Crippen LogP contribution in [0.5, 0.6) is 0 Å². The molecule has 0 unspecified atom stereocenters. The Hall–Kier alpha value is -2.64. The second kappa shape index (κ2) is 7.96. The fourth-order valence-electron chi connectivity index (χ4n) is 3.01. The van der Waals surface area contributed by atoms with Gasteiger partial charge in [-0.3, -0.25) is 9.36 Å². The molecule has 2 heterocycles. The van der Waals surface area contributed by atoms with Gasteiger partial charge in [0.15, 0.2) is 0 Å². The van der Waals surface area contributed by atoms with Gasteiger partial charge in [0.1, 0.15) is 11.4 Å². The largest absolute Gasteiger partial charge is 0.477 e. The summed E-state index contributed by atoms with van der Waals surface area (Å²) in [5, 5.41) is 27.0. The monoisotopic (exact) mass is 348 g/mol. The number of aromatic nitrogens is 4. The number of hydrogen-bond donors (Lipinski definition) is 2. The van der Waals surface area contributed by atoms with Crippen molar-refractivity contribution >= 4 is 11.9 Å². The normalized spacial score (nSPS) is 11.0. The first-order valence-electron chi connectivity index (χ1n) is 8.42. The van der Waals surface area contributed by atoms with Gasteiger partial charge < -0.3 is 10.2 Å². The highest BCUT2D eigenvalue weighted by Crippen LogP contribution is 2.18. The smallest absolute Gasteiger partial charge is 0.354 e. The van der Waals surface area contributed by atoms with E-state index >= 15 is 0 Å². The standard InChI is InChI=1S/C17H24N4O4/c1-4-20-15(17(24)25)13(12(3)19-20)8-6-5-7-9-21-14(16(22)23)10-11(2)18-21/h10H,4-9H2,1-3H3,(H,22,23)(H,24,25). The van der Waals surface area contributed by atoms with Gasteiger partial charge in [-0.15, -0.1) is 0 Å². The molecule has 2 aromatic heterocycles. The summed E-state index contributed by atoms with van der Waals surface area (Å²) in [5.74, 6) is -1.93. The molecule has 2 aromatic rings. The van der Waals surface area contributed by atoms with Gasteiger partial charge in [0, 0.05) is 18.7 Å². The van der Waals surface area contributed by atoms with Crippen molar-refractivity contribution in [3.05, 3.63) is 34.4 Å². The van der Waals surface area contributed by atoms with Gasteiger partial charge in [-0.25, -0.2) is 9.59 Å². The Morgan fingerprint density at radius 2 is 1.76 bits per heavy atom. The molecule has 0 aliphatic rings. The summed E-state index contributed by atoms with van der Waals surface area (Å²) in [6.45, 7) is 6.53. The Kier molecular flexibility index (Phi) is 5.95. The van der Waals surface area contributed by atoms with Crippen LogP contribution in [-0.4, -0.2) is 41.7 Å². The number of carboxylic acid groups (broad SMARTS) is 2. The molecular formula is C17H24N4O4. The molecule has 0 aliphatic carbocycles. The highest BCUT2D eigenvalue weighted by atomic mass is 16.4. The summed E-state index contributed by atoms with van der Waals surface area (Å²) in [5.41, 5.74) is 2.71. The van der Waals surface area contributed by atoms with E-state index in [1.165, 1.54) is 9.36 Å².